The third kappa shape index (κ3) is 4.53. The molecule has 1 atom stereocenters. The van der Waals surface area contributed by atoms with Gasteiger partial charge < -0.3 is 10.4 Å². The Labute approximate surface area is 101 Å². The van der Waals surface area contributed by atoms with Gasteiger partial charge in [0.25, 0.3) is 0 Å². The summed E-state index contributed by atoms with van der Waals surface area (Å²) in [5, 5.41) is 12.3. The minimum atomic E-state index is -0.998. The van der Waals surface area contributed by atoms with Gasteiger partial charge in [-0.2, -0.15) is 0 Å². The van der Waals surface area contributed by atoms with Gasteiger partial charge >= 0.3 is 0 Å². The van der Waals surface area contributed by atoms with E-state index in [0.717, 1.165) is 12.8 Å². The number of hydrogen-bond acceptors (Lipinski definition) is 2. The van der Waals surface area contributed by atoms with Gasteiger partial charge in [-0.05, 0) is 12.5 Å². The zero-order valence-electron chi connectivity index (χ0n) is 9.95. The van der Waals surface area contributed by atoms with Crippen LogP contribution >= 0.6 is 0 Å². The summed E-state index contributed by atoms with van der Waals surface area (Å²) >= 11 is 0. The number of aliphatic hydroxyl groups excluding tert-OH is 1. The van der Waals surface area contributed by atoms with E-state index in [4.69, 9.17) is 0 Å². The van der Waals surface area contributed by atoms with Crippen molar-refractivity contribution in [2.75, 3.05) is 6.54 Å². The molecule has 0 bridgehead atoms. The van der Waals surface area contributed by atoms with Crippen molar-refractivity contribution in [2.45, 2.75) is 32.3 Å². The van der Waals surface area contributed by atoms with E-state index in [0.29, 0.717) is 6.42 Å². The average molecular weight is 239 g/mol. The first-order valence-corrected chi connectivity index (χ1v) is 5.84. The highest BCUT2D eigenvalue weighted by molar-refractivity contribution is 5.75. The Morgan fingerprint density at radius 1 is 1.47 bits per heavy atom. The third-order valence-electron chi connectivity index (χ3n) is 2.51. The van der Waals surface area contributed by atoms with E-state index in [1.165, 1.54) is 12.1 Å². The molecule has 0 heterocycles. The SMILES string of the molecule is CCCCC(=O)NCC(O)c1ccccc1F. The Balaban J connectivity index is 2.42. The van der Waals surface area contributed by atoms with Crippen LogP contribution in [0.5, 0.6) is 0 Å². The number of carbonyl (C=O) groups is 1. The highest BCUT2D eigenvalue weighted by Crippen LogP contribution is 2.15. The fourth-order valence-electron chi connectivity index (χ4n) is 1.49. The Morgan fingerprint density at radius 3 is 2.82 bits per heavy atom. The second kappa shape index (κ2) is 7.01. The van der Waals surface area contributed by atoms with E-state index in [9.17, 15) is 14.3 Å². The van der Waals surface area contributed by atoms with Gasteiger partial charge in [-0.3, -0.25) is 4.79 Å². The van der Waals surface area contributed by atoms with E-state index in [2.05, 4.69) is 5.32 Å². The Hall–Kier alpha value is -1.42. The summed E-state index contributed by atoms with van der Waals surface area (Å²) in [6.45, 7) is 2.05. The zero-order valence-corrected chi connectivity index (χ0v) is 9.95. The minimum Gasteiger partial charge on any atom is -0.386 e. The number of rotatable bonds is 6. The van der Waals surface area contributed by atoms with Crippen LogP contribution in [0.25, 0.3) is 0 Å². The monoisotopic (exact) mass is 239 g/mol. The number of halogens is 1. The van der Waals surface area contributed by atoms with Crippen molar-refractivity contribution in [1.82, 2.24) is 5.32 Å². The molecule has 17 heavy (non-hydrogen) atoms. The smallest absolute Gasteiger partial charge is 0.220 e. The van der Waals surface area contributed by atoms with Gasteiger partial charge in [0, 0.05) is 18.5 Å². The standard InChI is InChI=1S/C13H18FNO2/c1-2-3-8-13(17)15-9-12(16)10-6-4-5-7-11(10)14/h4-7,12,16H,2-3,8-9H2,1H3,(H,15,17). The van der Waals surface area contributed by atoms with Crippen molar-refractivity contribution in [3.63, 3.8) is 0 Å². The number of hydrogen-bond donors (Lipinski definition) is 2. The lowest BCUT2D eigenvalue weighted by atomic mass is 10.1. The summed E-state index contributed by atoms with van der Waals surface area (Å²) in [7, 11) is 0. The second-order valence-corrected chi connectivity index (χ2v) is 3.94. The maximum atomic E-state index is 13.3. The molecule has 0 saturated carbocycles. The Bertz CT molecular complexity index is 368. The summed E-state index contributed by atoms with van der Waals surface area (Å²) in [5.41, 5.74) is 0.211. The number of nitrogens with one attached hydrogen (secondary N) is 1. The van der Waals surface area contributed by atoms with Crippen LogP contribution in [0.15, 0.2) is 24.3 Å². The maximum absolute atomic E-state index is 13.3. The summed E-state index contributed by atoms with van der Waals surface area (Å²) in [6, 6.07) is 6.02. The normalized spacial score (nSPS) is 12.2. The molecular formula is C13H18FNO2. The molecule has 0 saturated heterocycles. The number of benzene rings is 1. The van der Waals surface area contributed by atoms with E-state index in [1.807, 2.05) is 6.92 Å². The van der Waals surface area contributed by atoms with Crippen LogP contribution in [0.4, 0.5) is 4.39 Å². The fourth-order valence-corrected chi connectivity index (χ4v) is 1.49. The molecule has 3 nitrogen and oxygen atoms in total. The fraction of sp³-hybridized carbons (Fsp3) is 0.462. The van der Waals surface area contributed by atoms with Crippen molar-refractivity contribution in [2.24, 2.45) is 0 Å². The van der Waals surface area contributed by atoms with Crippen LogP contribution in [-0.4, -0.2) is 17.6 Å². The predicted molar refractivity (Wildman–Crippen MR) is 63.9 cm³/mol. The van der Waals surface area contributed by atoms with Crippen LogP contribution in [0.2, 0.25) is 0 Å². The molecular weight excluding hydrogens is 221 g/mol. The van der Waals surface area contributed by atoms with E-state index in [1.54, 1.807) is 12.1 Å². The number of aliphatic hydroxyl groups is 1. The highest BCUT2D eigenvalue weighted by atomic mass is 19.1. The Kier molecular flexibility index (Phi) is 5.63. The summed E-state index contributed by atoms with van der Waals surface area (Å²) in [4.78, 5) is 11.3. The quantitative estimate of drug-likeness (QED) is 0.799. The van der Waals surface area contributed by atoms with Crippen molar-refractivity contribution in [3.05, 3.63) is 35.6 Å². The van der Waals surface area contributed by atoms with Gasteiger partial charge in [0.2, 0.25) is 5.91 Å². The van der Waals surface area contributed by atoms with Crippen LogP contribution in [0.1, 0.15) is 37.9 Å². The van der Waals surface area contributed by atoms with Crippen molar-refractivity contribution in [3.8, 4) is 0 Å². The van der Waals surface area contributed by atoms with Crippen molar-refractivity contribution in [1.29, 1.82) is 0 Å². The molecule has 0 aromatic heterocycles. The molecule has 2 N–H and O–H groups in total. The molecule has 1 amide bonds. The van der Waals surface area contributed by atoms with Gasteiger partial charge in [0.15, 0.2) is 0 Å². The zero-order chi connectivity index (χ0) is 12.7. The lowest BCUT2D eigenvalue weighted by molar-refractivity contribution is -0.121. The summed E-state index contributed by atoms with van der Waals surface area (Å²) < 4.78 is 13.3. The van der Waals surface area contributed by atoms with Gasteiger partial charge in [-0.1, -0.05) is 31.5 Å². The first-order valence-electron chi connectivity index (χ1n) is 5.84. The van der Waals surface area contributed by atoms with Crippen LogP contribution < -0.4 is 5.32 Å². The van der Waals surface area contributed by atoms with Crippen LogP contribution in [0, 0.1) is 5.82 Å². The first kappa shape index (κ1) is 13.6. The summed E-state index contributed by atoms with van der Waals surface area (Å²) in [6.07, 6.45) is 1.22. The summed E-state index contributed by atoms with van der Waals surface area (Å²) in [5.74, 6) is -0.565. The number of amides is 1. The van der Waals surface area contributed by atoms with E-state index >= 15 is 0 Å². The Morgan fingerprint density at radius 2 is 2.18 bits per heavy atom. The molecule has 0 spiro atoms. The molecule has 0 fully saturated rings. The second-order valence-electron chi connectivity index (χ2n) is 3.94. The molecule has 4 heteroatoms. The lowest BCUT2D eigenvalue weighted by Crippen LogP contribution is -2.28. The van der Waals surface area contributed by atoms with Gasteiger partial charge in [0.1, 0.15) is 5.82 Å². The molecule has 1 unspecified atom stereocenters. The third-order valence-corrected chi connectivity index (χ3v) is 2.51. The molecule has 94 valence electrons. The first-order chi connectivity index (χ1) is 8.15. The highest BCUT2D eigenvalue weighted by Gasteiger charge is 2.12. The molecule has 0 aliphatic carbocycles. The molecule has 0 radical (unpaired) electrons. The molecule has 0 aliphatic heterocycles. The van der Waals surface area contributed by atoms with E-state index in [-0.39, 0.29) is 18.0 Å². The van der Waals surface area contributed by atoms with Crippen molar-refractivity contribution < 1.29 is 14.3 Å². The number of unbranched alkanes of at least 4 members (excludes halogenated alkanes) is 1. The van der Waals surface area contributed by atoms with Gasteiger partial charge in [0.05, 0.1) is 6.10 Å². The molecule has 0 aliphatic rings. The lowest BCUT2D eigenvalue weighted by Gasteiger charge is -2.12. The molecule has 1 rings (SSSR count). The van der Waals surface area contributed by atoms with Crippen LogP contribution in [-0.2, 0) is 4.79 Å². The van der Waals surface area contributed by atoms with Crippen LogP contribution in [0.3, 0.4) is 0 Å². The molecule has 1 aromatic carbocycles. The van der Waals surface area contributed by atoms with E-state index < -0.39 is 11.9 Å². The largest absolute Gasteiger partial charge is 0.386 e. The van der Waals surface area contributed by atoms with Crippen molar-refractivity contribution >= 4 is 5.91 Å². The minimum absolute atomic E-state index is 0.0451. The maximum Gasteiger partial charge on any atom is 0.220 e. The van der Waals surface area contributed by atoms with Gasteiger partial charge in [-0.25, -0.2) is 4.39 Å². The average Bonchev–Trinajstić information content (AvgIpc) is 2.34. The predicted octanol–water partition coefficient (Wildman–Crippen LogP) is 2.17. The topological polar surface area (TPSA) is 49.3 Å². The van der Waals surface area contributed by atoms with Gasteiger partial charge in [-0.15, -0.1) is 0 Å². The number of carbonyl (C=O) groups excluding carboxylic acids is 1. The molecule has 1 aromatic rings.